The topological polar surface area (TPSA) is 87.6 Å². The van der Waals surface area contributed by atoms with Crippen LogP contribution in [0, 0.1) is 0 Å². The number of hydrogen-bond donors (Lipinski definition) is 3. The molecule has 0 unspecified atom stereocenters. The van der Waals surface area contributed by atoms with Crippen LogP contribution in [0.1, 0.15) is 29.4 Å². The number of amides is 1. The fraction of sp³-hybridized carbons (Fsp3) is 0.312. The number of H-pyrrole nitrogens is 1. The lowest BCUT2D eigenvalue weighted by Crippen LogP contribution is -2.29. The molecule has 3 aromatic rings. The van der Waals surface area contributed by atoms with Gasteiger partial charge in [0.15, 0.2) is 5.69 Å². The van der Waals surface area contributed by atoms with E-state index in [2.05, 4.69) is 25.9 Å². The Morgan fingerprint density at radius 1 is 1.25 bits per heavy atom. The van der Waals surface area contributed by atoms with Crippen molar-refractivity contribution in [3.05, 3.63) is 42.4 Å². The molecule has 7 nitrogen and oxygen atoms in total. The Morgan fingerprint density at radius 2 is 2.08 bits per heavy atom. The summed E-state index contributed by atoms with van der Waals surface area (Å²) in [4.78, 5) is 15.5. The second kappa shape index (κ2) is 7.02. The SMILES string of the molecule is Cl.O=C(Nc1ccc2[nH]ccc2c1)c1cn(C2CCNCC2)nn1. The van der Waals surface area contributed by atoms with Crippen molar-refractivity contribution in [2.45, 2.75) is 18.9 Å². The number of benzene rings is 1. The van der Waals surface area contributed by atoms with Gasteiger partial charge in [0, 0.05) is 22.8 Å². The fourth-order valence-electron chi connectivity index (χ4n) is 2.96. The van der Waals surface area contributed by atoms with E-state index in [1.807, 2.05) is 35.1 Å². The van der Waals surface area contributed by atoms with Gasteiger partial charge < -0.3 is 15.6 Å². The standard InChI is InChI=1S/C16H18N6O.ClH/c23-16(19-12-1-2-14-11(9-12)3-8-18-14)15-10-22(21-20-15)13-4-6-17-7-5-13;/h1-3,8-10,13,17-18H,4-7H2,(H,19,23);1H. The average Bonchev–Trinajstić information content (AvgIpc) is 3.24. The summed E-state index contributed by atoms with van der Waals surface area (Å²) in [5.41, 5.74) is 2.14. The first kappa shape index (κ1) is 16.5. The summed E-state index contributed by atoms with van der Waals surface area (Å²) in [5.74, 6) is -0.236. The molecule has 1 fully saturated rings. The molecule has 3 heterocycles. The smallest absolute Gasteiger partial charge is 0.277 e. The van der Waals surface area contributed by atoms with Crippen LogP contribution < -0.4 is 10.6 Å². The number of aromatic amines is 1. The first-order chi connectivity index (χ1) is 11.3. The summed E-state index contributed by atoms with van der Waals surface area (Å²) in [5, 5.41) is 15.4. The fourth-order valence-corrected chi connectivity index (χ4v) is 2.96. The van der Waals surface area contributed by atoms with Crippen LogP contribution in [0.2, 0.25) is 0 Å². The van der Waals surface area contributed by atoms with E-state index in [1.54, 1.807) is 6.20 Å². The van der Waals surface area contributed by atoms with Crippen LogP contribution in [0.25, 0.3) is 10.9 Å². The maximum Gasteiger partial charge on any atom is 0.277 e. The summed E-state index contributed by atoms with van der Waals surface area (Å²) < 4.78 is 1.81. The van der Waals surface area contributed by atoms with Gasteiger partial charge in [-0.05, 0) is 50.2 Å². The van der Waals surface area contributed by atoms with E-state index in [0.717, 1.165) is 42.5 Å². The summed E-state index contributed by atoms with van der Waals surface area (Å²) in [6.07, 6.45) is 5.63. The van der Waals surface area contributed by atoms with Crippen LogP contribution in [0.4, 0.5) is 5.69 Å². The van der Waals surface area contributed by atoms with E-state index in [0.29, 0.717) is 11.7 Å². The van der Waals surface area contributed by atoms with E-state index >= 15 is 0 Å². The molecule has 1 amide bonds. The minimum Gasteiger partial charge on any atom is -0.361 e. The third-order valence-corrected chi connectivity index (χ3v) is 4.24. The Balaban J connectivity index is 0.00000169. The highest BCUT2D eigenvalue weighted by atomic mass is 35.5. The molecule has 24 heavy (non-hydrogen) atoms. The highest BCUT2D eigenvalue weighted by molar-refractivity contribution is 6.03. The molecule has 8 heteroatoms. The maximum atomic E-state index is 12.3. The number of hydrogen-bond acceptors (Lipinski definition) is 4. The van der Waals surface area contributed by atoms with Gasteiger partial charge in [-0.3, -0.25) is 4.79 Å². The van der Waals surface area contributed by atoms with Crippen molar-refractivity contribution < 1.29 is 4.79 Å². The Labute approximate surface area is 145 Å². The van der Waals surface area contributed by atoms with E-state index in [4.69, 9.17) is 0 Å². The van der Waals surface area contributed by atoms with E-state index < -0.39 is 0 Å². The maximum absolute atomic E-state index is 12.3. The molecule has 0 bridgehead atoms. The first-order valence-electron chi connectivity index (χ1n) is 7.81. The number of piperidine rings is 1. The third-order valence-electron chi connectivity index (χ3n) is 4.24. The lowest BCUT2D eigenvalue weighted by atomic mass is 10.1. The largest absolute Gasteiger partial charge is 0.361 e. The monoisotopic (exact) mass is 346 g/mol. The van der Waals surface area contributed by atoms with Gasteiger partial charge in [-0.15, -0.1) is 17.5 Å². The Hall–Kier alpha value is -2.38. The average molecular weight is 347 g/mol. The number of carbonyl (C=O) groups excluding carboxylic acids is 1. The molecule has 1 aromatic carbocycles. The van der Waals surface area contributed by atoms with E-state index in [-0.39, 0.29) is 18.3 Å². The number of halogens is 1. The predicted molar refractivity (Wildman–Crippen MR) is 94.7 cm³/mol. The van der Waals surface area contributed by atoms with Crippen LogP contribution in [0.5, 0.6) is 0 Å². The molecular formula is C16H19ClN6O. The number of rotatable bonds is 3. The van der Waals surface area contributed by atoms with Gasteiger partial charge in [0.1, 0.15) is 0 Å². The van der Waals surface area contributed by atoms with Crippen LogP contribution in [0.15, 0.2) is 36.7 Å². The summed E-state index contributed by atoms with van der Waals surface area (Å²) in [7, 11) is 0. The van der Waals surface area contributed by atoms with Crippen molar-refractivity contribution in [3.8, 4) is 0 Å². The second-order valence-electron chi connectivity index (χ2n) is 5.80. The highest BCUT2D eigenvalue weighted by Gasteiger charge is 2.18. The van der Waals surface area contributed by atoms with Gasteiger partial charge in [0.05, 0.1) is 12.2 Å². The summed E-state index contributed by atoms with van der Waals surface area (Å²) in [6.45, 7) is 1.95. The lowest BCUT2D eigenvalue weighted by Gasteiger charge is -2.22. The van der Waals surface area contributed by atoms with Crippen molar-refractivity contribution in [1.29, 1.82) is 0 Å². The van der Waals surface area contributed by atoms with Crippen molar-refractivity contribution in [3.63, 3.8) is 0 Å². The summed E-state index contributed by atoms with van der Waals surface area (Å²) in [6, 6.07) is 8.03. The van der Waals surface area contributed by atoms with E-state index in [1.165, 1.54) is 0 Å². The molecule has 1 aliphatic rings. The van der Waals surface area contributed by atoms with Crippen molar-refractivity contribution in [2.24, 2.45) is 0 Å². The van der Waals surface area contributed by atoms with Crippen molar-refractivity contribution >= 4 is 34.9 Å². The van der Waals surface area contributed by atoms with Gasteiger partial charge >= 0.3 is 0 Å². The Bertz CT molecular complexity index is 836. The quantitative estimate of drug-likeness (QED) is 0.679. The van der Waals surface area contributed by atoms with Crippen LogP contribution in [0.3, 0.4) is 0 Å². The molecule has 0 saturated carbocycles. The lowest BCUT2D eigenvalue weighted by molar-refractivity contribution is 0.102. The molecule has 1 saturated heterocycles. The molecular weight excluding hydrogens is 328 g/mol. The van der Waals surface area contributed by atoms with Crippen LogP contribution in [-0.4, -0.2) is 39.0 Å². The Kier molecular flexibility index (Phi) is 4.82. The normalized spacial score (nSPS) is 15.2. The van der Waals surface area contributed by atoms with Gasteiger partial charge in [0.2, 0.25) is 0 Å². The zero-order valence-electron chi connectivity index (χ0n) is 13.0. The van der Waals surface area contributed by atoms with Gasteiger partial charge in [0.25, 0.3) is 5.91 Å². The number of nitrogens with one attached hydrogen (secondary N) is 3. The Morgan fingerprint density at radius 3 is 2.92 bits per heavy atom. The molecule has 3 N–H and O–H groups in total. The number of anilines is 1. The predicted octanol–water partition coefficient (Wildman–Crippen LogP) is 2.36. The number of carbonyl (C=O) groups is 1. The molecule has 0 radical (unpaired) electrons. The van der Waals surface area contributed by atoms with Gasteiger partial charge in [-0.2, -0.15) is 0 Å². The minimum absolute atomic E-state index is 0. The molecule has 0 aliphatic carbocycles. The molecule has 0 spiro atoms. The number of aromatic nitrogens is 4. The van der Waals surface area contributed by atoms with Crippen LogP contribution in [-0.2, 0) is 0 Å². The van der Waals surface area contributed by atoms with Crippen molar-refractivity contribution in [2.75, 3.05) is 18.4 Å². The number of nitrogens with zero attached hydrogens (tertiary/aromatic N) is 3. The third kappa shape index (κ3) is 3.27. The zero-order valence-corrected chi connectivity index (χ0v) is 13.8. The van der Waals surface area contributed by atoms with Gasteiger partial charge in [-0.25, -0.2) is 4.68 Å². The molecule has 0 atom stereocenters. The first-order valence-corrected chi connectivity index (χ1v) is 7.81. The van der Waals surface area contributed by atoms with Crippen molar-refractivity contribution in [1.82, 2.24) is 25.3 Å². The highest BCUT2D eigenvalue weighted by Crippen LogP contribution is 2.19. The molecule has 2 aromatic heterocycles. The van der Waals surface area contributed by atoms with E-state index in [9.17, 15) is 4.79 Å². The second-order valence-corrected chi connectivity index (χ2v) is 5.80. The molecule has 126 valence electrons. The van der Waals surface area contributed by atoms with Gasteiger partial charge in [-0.1, -0.05) is 5.21 Å². The van der Waals surface area contributed by atoms with Crippen LogP contribution >= 0.6 is 12.4 Å². The molecule has 4 rings (SSSR count). The zero-order chi connectivity index (χ0) is 15.6. The minimum atomic E-state index is -0.236. The summed E-state index contributed by atoms with van der Waals surface area (Å²) >= 11 is 0. The number of fused-ring (bicyclic) bond motifs is 1. The molecule has 1 aliphatic heterocycles.